The fourth-order valence-corrected chi connectivity index (χ4v) is 4.54. The maximum atomic E-state index is 13.1. The summed E-state index contributed by atoms with van der Waals surface area (Å²) in [6, 6.07) is 16.0. The lowest BCUT2D eigenvalue weighted by Crippen LogP contribution is -2.51. The van der Waals surface area contributed by atoms with Crippen LogP contribution in [-0.4, -0.2) is 40.9 Å². The molecule has 0 N–H and O–H groups in total. The zero-order valence-corrected chi connectivity index (χ0v) is 16.8. The van der Waals surface area contributed by atoms with Gasteiger partial charge in [0.05, 0.1) is 23.3 Å². The second-order valence-corrected chi connectivity index (χ2v) is 7.97. The molecule has 1 amide bonds. The van der Waals surface area contributed by atoms with E-state index in [1.54, 1.807) is 0 Å². The van der Waals surface area contributed by atoms with E-state index in [4.69, 9.17) is 4.74 Å². The first-order valence-electron chi connectivity index (χ1n) is 10.5. The predicted molar refractivity (Wildman–Crippen MR) is 114 cm³/mol. The van der Waals surface area contributed by atoms with Gasteiger partial charge >= 0.3 is 0 Å². The minimum Gasteiger partial charge on any atom is -0.477 e. The first kappa shape index (κ1) is 18.6. The van der Waals surface area contributed by atoms with Crippen molar-refractivity contribution in [3.8, 4) is 11.8 Å². The average Bonchev–Trinajstić information content (AvgIpc) is 3.16. The van der Waals surface area contributed by atoms with E-state index in [1.807, 2.05) is 64.2 Å². The molecule has 1 aromatic carbocycles. The van der Waals surface area contributed by atoms with E-state index in [9.17, 15) is 10.1 Å². The summed E-state index contributed by atoms with van der Waals surface area (Å²) < 4.78 is 8.11. The molecule has 30 heavy (non-hydrogen) atoms. The standard InChI is InChI=1S/C24H24N4O2/c25-14-19-18(15-27-13-7-4-8-20(19)27)16-28-17-23(24(29)26-11-5-1-6-12-26)30-22-10-3-2-9-21(22)28/h2-4,7-10,13,15,23H,1,5-6,11-12,16-17H2/t23-/m0/s1. The Morgan fingerprint density at radius 1 is 1.10 bits per heavy atom. The third kappa shape index (κ3) is 3.26. The Labute approximate surface area is 175 Å². The summed E-state index contributed by atoms with van der Waals surface area (Å²) in [5, 5.41) is 9.77. The summed E-state index contributed by atoms with van der Waals surface area (Å²) in [5.41, 5.74) is 3.49. The molecule has 0 saturated carbocycles. The van der Waals surface area contributed by atoms with E-state index >= 15 is 0 Å². The molecular formula is C24H24N4O2. The summed E-state index contributed by atoms with van der Waals surface area (Å²) >= 11 is 0. The number of nitrogens with zero attached hydrogens (tertiary/aromatic N) is 4. The second-order valence-electron chi connectivity index (χ2n) is 7.97. The predicted octanol–water partition coefficient (Wildman–Crippen LogP) is 3.59. The van der Waals surface area contributed by atoms with Crippen LogP contribution in [0.4, 0.5) is 5.69 Å². The first-order valence-corrected chi connectivity index (χ1v) is 10.5. The molecule has 1 fully saturated rings. The highest BCUT2D eigenvalue weighted by Crippen LogP contribution is 2.35. The van der Waals surface area contributed by atoms with Crippen molar-refractivity contribution in [3.63, 3.8) is 0 Å². The molecule has 0 radical (unpaired) electrons. The average molecular weight is 400 g/mol. The van der Waals surface area contributed by atoms with Crippen LogP contribution in [0, 0.1) is 11.3 Å². The van der Waals surface area contributed by atoms with Crippen molar-refractivity contribution < 1.29 is 9.53 Å². The lowest BCUT2D eigenvalue weighted by atomic mass is 10.1. The number of aromatic nitrogens is 1. The van der Waals surface area contributed by atoms with Crippen molar-refractivity contribution >= 4 is 17.1 Å². The van der Waals surface area contributed by atoms with Crippen molar-refractivity contribution in [2.45, 2.75) is 31.9 Å². The fourth-order valence-electron chi connectivity index (χ4n) is 4.54. The zero-order valence-electron chi connectivity index (χ0n) is 16.8. The highest BCUT2D eigenvalue weighted by molar-refractivity contribution is 5.83. The van der Waals surface area contributed by atoms with Gasteiger partial charge in [0.25, 0.3) is 5.91 Å². The number of hydrogen-bond acceptors (Lipinski definition) is 4. The van der Waals surface area contributed by atoms with Gasteiger partial charge in [-0.3, -0.25) is 4.79 Å². The number of benzene rings is 1. The third-order valence-corrected chi connectivity index (χ3v) is 6.04. The lowest BCUT2D eigenvalue weighted by Gasteiger charge is -2.38. The van der Waals surface area contributed by atoms with E-state index < -0.39 is 6.10 Å². The number of nitriles is 1. The van der Waals surface area contributed by atoms with Crippen LogP contribution >= 0.6 is 0 Å². The molecule has 0 bridgehead atoms. The van der Waals surface area contributed by atoms with Crippen molar-refractivity contribution in [1.29, 1.82) is 5.26 Å². The number of amides is 1. The third-order valence-electron chi connectivity index (χ3n) is 6.04. The first-order chi connectivity index (χ1) is 14.7. The Balaban J connectivity index is 1.46. The van der Waals surface area contributed by atoms with Crippen LogP contribution in [-0.2, 0) is 11.3 Å². The van der Waals surface area contributed by atoms with Crippen molar-refractivity contribution in [3.05, 3.63) is 66.0 Å². The van der Waals surface area contributed by atoms with E-state index in [0.29, 0.717) is 18.7 Å². The maximum Gasteiger partial charge on any atom is 0.265 e. The van der Waals surface area contributed by atoms with Gasteiger partial charge < -0.3 is 18.9 Å². The minimum absolute atomic E-state index is 0.0664. The highest BCUT2D eigenvalue weighted by atomic mass is 16.5. The van der Waals surface area contributed by atoms with Crippen LogP contribution in [0.1, 0.15) is 30.4 Å². The number of carbonyl (C=O) groups is 1. The van der Waals surface area contributed by atoms with E-state index in [-0.39, 0.29) is 5.91 Å². The maximum absolute atomic E-state index is 13.1. The molecule has 0 spiro atoms. The minimum atomic E-state index is -0.527. The van der Waals surface area contributed by atoms with Crippen LogP contribution in [0.5, 0.6) is 5.75 Å². The van der Waals surface area contributed by atoms with Crippen molar-refractivity contribution in [2.24, 2.45) is 0 Å². The zero-order chi connectivity index (χ0) is 20.5. The number of pyridine rings is 1. The Morgan fingerprint density at radius 2 is 1.90 bits per heavy atom. The van der Waals surface area contributed by atoms with Crippen LogP contribution in [0.25, 0.3) is 5.52 Å². The van der Waals surface area contributed by atoms with Gasteiger partial charge in [-0.05, 0) is 43.5 Å². The normalized spacial score (nSPS) is 18.6. The number of fused-ring (bicyclic) bond motifs is 2. The summed E-state index contributed by atoms with van der Waals surface area (Å²) in [4.78, 5) is 17.2. The number of ether oxygens (including phenoxy) is 1. The SMILES string of the molecule is N#Cc1c(CN2C[C@@H](C(=O)N3CCCCC3)Oc3ccccc32)cn2ccccc12. The number of carbonyl (C=O) groups excluding carboxylic acids is 1. The van der Waals surface area contributed by atoms with Crippen LogP contribution < -0.4 is 9.64 Å². The highest BCUT2D eigenvalue weighted by Gasteiger charge is 2.34. The van der Waals surface area contributed by atoms with Gasteiger partial charge in [-0.1, -0.05) is 18.2 Å². The summed E-state index contributed by atoms with van der Waals surface area (Å²) in [6.45, 7) is 2.64. The van der Waals surface area contributed by atoms with Gasteiger partial charge in [0, 0.05) is 37.6 Å². The molecule has 6 nitrogen and oxygen atoms in total. The summed E-state index contributed by atoms with van der Waals surface area (Å²) in [5.74, 6) is 0.790. The van der Waals surface area contributed by atoms with Crippen LogP contribution in [0.15, 0.2) is 54.9 Å². The molecular weight excluding hydrogens is 376 g/mol. The smallest absolute Gasteiger partial charge is 0.265 e. The van der Waals surface area contributed by atoms with E-state index in [0.717, 1.165) is 48.4 Å². The molecule has 1 atom stereocenters. The van der Waals surface area contributed by atoms with Gasteiger partial charge in [0.1, 0.15) is 11.8 Å². The van der Waals surface area contributed by atoms with E-state index in [2.05, 4.69) is 11.0 Å². The number of rotatable bonds is 3. The topological polar surface area (TPSA) is 61.0 Å². The molecule has 3 aromatic rings. The second kappa shape index (κ2) is 7.75. The molecule has 2 aromatic heterocycles. The molecule has 1 saturated heterocycles. The number of anilines is 1. The molecule has 5 rings (SSSR count). The van der Waals surface area contributed by atoms with Crippen LogP contribution in [0.2, 0.25) is 0 Å². The Morgan fingerprint density at radius 3 is 2.73 bits per heavy atom. The lowest BCUT2D eigenvalue weighted by molar-refractivity contribution is -0.139. The fraction of sp³-hybridized carbons (Fsp3) is 0.333. The van der Waals surface area contributed by atoms with Gasteiger partial charge in [-0.15, -0.1) is 0 Å². The molecule has 2 aliphatic rings. The van der Waals surface area contributed by atoms with Crippen molar-refractivity contribution in [2.75, 3.05) is 24.5 Å². The monoisotopic (exact) mass is 400 g/mol. The largest absolute Gasteiger partial charge is 0.477 e. The number of hydrogen-bond donors (Lipinski definition) is 0. The van der Waals surface area contributed by atoms with E-state index in [1.165, 1.54) is 6.42 Å². The number of likely N-dealkylation sites (tertiary alicyclic amines) is 1. The molecule has 4 heterocycles. The molecule has 6 heteroatoms. The van der Waals surface area contributed by atoms with Gasteiger partial charge in [0.2, 0.25) is 0 Å². The van der Waals surface area contributed by atoms with Crippen molar-refractivity contribution in [1.82, 2.24) is 9.30 Å². The van der Waals surface area contributed by atoms with Crippen LogP contribution in [0.3, 0.4) is 0 Å². The summed E-state index contributed by atoms with van der Waals surface area (Å²) in [7, 11) is 0. The van der Waals surface area contributed by atoms with Gasteiger partial charge in [-0.2, -0.15) is 5.26 Å². The summed E-state index contributed by atoms with van der Waals surface area (Å²) in [6.07, 6.45) is 6.73. The van der Waals surface area contributed by atoms with Gasteiger partial charge in [0.15, 0.2) is 6.10 Å². The Kier molecular flexibility index (Phi) is 4.80. The van der Waals surface area contributed by atoms with Gasteiger partial charge in [-0.25, -0.2) is 0 Å². The number of piperidine rings is 1. The molecule has 0 unspecified atom stereocenters. The Hall–Kier alpha value is -3.46. The quantitative estimate of drug-likeness (QED) is 0.674. The number of para-hydroxylation sites is 2. The molecule has 0 aliphatic carbocycles. The molecule has 152 valence electrons. The molecule has 2 aliphatic heterocycles. The Bertz CT molecular complexity index is 1120.